The second-order valence-corrected chi connectivity index (χ2v) is 7.03. The van der Waals surface area contributed by atoms with Gasteiger partial charge < -0.3 is 0 Å². The molecule has 0 aliphatic carbocycles. The van der Waals surface area contributed by atoms with Gasteiger partial charge in [-0.15, -0.1) is 5.10 Å². The van der Waals surface area contributed by atoms with Gasteiger partial charge in [0.05, 0.1) is 5.69 Å². The Balaban J connectivity index is 2.52. The van der Waals surface area contributed by atoms with E-state index in [1.54, 1.807) is 0 Å². The zero-order valence-electron chi connectivity index (χ0n) is 11.5. The van der Waals surface area contributed by atoms with Crippen LogP contribution in [0.25, 0.3) is 0 Å². The van der Waals surface area contributed by atoms with Crippen LogP contribution in [0.5, 0.6) is 0 Å². The minimum atomic E-state index is 0.259. The number of hydrogen-bond donors (Lipinski definition) is 0. The van der Waals surface area contributed by atoms with Crippen molar-refractivity contribution >= 4 is 0 Å². The molecule has 0 N–H and O–H groups in total. The van der Waals surface area contributed by atoms with Crippen LogP contribution >= 0.6 is 0 Å². The highest BCUT2D eigenvalue weighted by Crippen LogP contribution is 2.21. The van der Waals surface area contributed by atoms with E-state index in [9.17, 15) is 0 Å². The van der Waals surface area contributed by atoms with E-state index in [1.807, 2.05) is 4.68 Å². The van der Waals surface area contributed by atoms with Gasteiger partial charge in [-0.05, 0) is 23.7 Å². The maximum Gasteiger partial charge on any atom is 0.0827 e. The molecule has 1 aromatic rings. The number of rotatable bonds is 3. The van der Waals surface area contributed by atoms with E-state index >= 15 is 0 Å². The van der Waals surface area contributed by atoms with Crippen molar-refractivity contribution in [2.75, 3.05) is 0 Å². The van der Waals surface area contributed by atoms with Gasteiger partial charge in [-0.25, -0.2) is 0 Å². The second kappa shape index (κ2) is 4.56. The molecule has 0 saturated heterocycles. The van der Waals surface area contributed by atoms with E-state index in [4.69, 9.17) is 0 Å². The lowest BCUT2D eigenvalue weighted by Crippen LogP contribution is -2.15. The van der Waals surface area contributed by atoms with Gasteiger partial charge in [0, 0.05) is 12.7 Å². The molecule has 0 aromatic carbocycles. The molecule has 1 heterocycles. The molecule has 92 valence electrons. The number of aromatic nitrogens is 3. The molecule has 1 aromatic heterocycles. The van der Waals surface area contributed by atoms with Crippen LogP contribution in [0, 0.1) is 10.8 Å². The first-order valence-electron chi connectivity index (χ1n) is 6.05. The molecule has 0 unspecified atom stereocenters. The van der Waals surface area contributed by atoms with E-state index in [0.29, 0.717) is 5.41 Å². The predicted octanol–water partition coefficient (Wildman–Crippen LogP) is 3.30. The van der Waals surface area contributed by atoms with Crippen molar-refractivity contribution in [2.45, 2.75) is 60.9 Å². The van der Waals surface area contributed by atoms with Crippen LogP contribution in [0.15, 0.2) is 6.20 Å². The van der Waals surface area contributed by atoms with Crippen molar-refractivity contribution in [2.24, 2.45) is 10.8 Å². The SMILES string of the molecule is CC(C)(C)CCc1cn(CC(C)(C)C)nn1. The lowest BCUT2D eigenvalue weighted by atomic mass is 9.90. The standard InChI is InChI=1S/C13H25N3/c1-12(2,3)8-7-11-9-16(15-14-11)10-13(4,5)6/h9H,7-8,10H2,1-6H3. The summed E-state index contributed by atoms with van der Waals surface area (Å²) < 4.78 is 1.96. The van der Waals surface area contributed by atoms with Crippen LogP contribution < -0.4 is 0 Å². The molecule has 1 rings (SSSR count). The average Bonchev–Trinajstić information content (AvgIpc) is 2.44. The molecule has 0 radical (unpaired) electrons. The largest absolute Gasteiger partial charge is 0.252 e. The van der Waals surface area contributed by atoms with Crippen molar-refractivity contribution < 1.29 is 0 Å². The Hall–Kier alpha value is -0.860. The molecule has 0 aliphatic heterocycles. The smallest absolute Gasteiger partial charge is 0.0827 e. The van der Waals surface area contributed by atoms with Gasteiger partial charge in [-0.3, -0.25) is 4.68 Å². The average molecular weight is 223 g/mol. The van der Waals surface area contributed by atoms with Crippen LogP contribution in [-0.4, -0.2) is 15.0 Å². The summed E-state index contributed by atoms with van der Waals surface area (Å²) in [5.41, 5.74) is 1.74. The number of aryl methyl sites for hydroxylation is 1. The molecular weight excluding hydrogens is 198 g/mol. The zero-order chi connectivity index (χ0) is 12.4. The van der Waals surface area contributed by atoms with Gasteiger partial charge in [0.15, 0.2) is 0 Å². The fourth-order valence-corrected chi connectivity index (χ4v) is 1.52. The summed E-state index contributed by atoms with van der Waals surface area (Å²) in [6.45, 7) is 14.3. The van der Waals surface area contributed by atoms with E-state index in [1.165, 1.54) is 0 Å². The summed E-state index contributed by atoms with van der Waals surface area (Å²) in [5.74, 6) is 0. The van der Waals surface area contributed by atoms with Crippen LogP contribution in [0.4, 0.5) is 0 Å². The molecule has 3 nitrogen and oxygen atoms in total. The molecule has 3 heteroatoms. The Labute approximate surface area is 99.2 Å². The summed E-state index contributed by atoms with van der Waals surface area (Å²) in [4.78, 5) is 0. The van der Waals surface area contributed by atoms with E-state index in [2.05, 4.69) is 58.1 Å². The maximum atomic E-state index is 4.22. The Kier molecular flexibility index (Phi) is 3.76. The van der Waals surface area contributed by atoms with Gasteiger partial charge in [-0.1, -0.05) is 46.8 Å². The fourth-order valence-electron chi connectivity index (χ4n) is 1.52. The van der Waals surface area contributed by atoms with Crippen molar-refractivity contribution in [1.29, 1.82) is 0 Å². The summed E-state index contributed by atoms with van der Waals surface area (Å²) in [7, 11) is 0. The minimum absolute atomic E-state index is 0.259. The summed E-state index contributed by atoms with van der Waals surface area (Å²) >= 11 is 0. The third kappa shape index (κ3) is 5.29. The Bertz CT molecular complexity index is 326. The van der Waals surface area contributed by atoms with Crippen molar-refractivity contribution in [1.82, 2.24) is 15.0 Å². The molecule has 0 saturated carbocycles. The molecule has 0 amide bonds. The third-order valence-electron chi connectivity index (χ3n) is 2.35. The highest BCUT2D eigenvalue weighted by Gasteiger charge is 2.14. The molecule has 0 bridgehead atoms. The first kappa shape index (κ1) is 13.2. The lowest BCUT2D eigenvalue weighted by molar-refractivity contribution is 0.321. The zero-order valence-corrected chi connectivity index (χ0v) is 11.5. The number of nitrogens with zero attached hydrogens (tertiary/aromatic N) is 3. The Morgan fingerprint density at radius 3 is 2.19 bits per heavy atom. The normalized spacial score (nSPS) is 13.1. The Morgan fingerprint density at radius 2 is 1.69 bits per heavy atom. The predicted molar refractivity (Wildman–Crippen MR) is 67.3 cm³/mol. The summed E-state index contributed by atoms with van der Waals surface area (Å²) in [6.07, 6.45) is 4.26. The maximum absolute atomic E-state index is 4.22. The van der Waals surface area contributed by atoms with Gasteiger partial charge >= 0.3 is 0 Å². The molecule has 0 fully saturated rings. The van der Waals surface area contributed by atoms with Crippen LogP contribution in [0.2, 0.25) is 0 Å². The first-order valence-corrected chi connectivity index (χ1v) is 6.05. The van der Waals surface area contributed by atoms with Gasteiger partial charge in [0.2, 0.25) is 0 Å². The van der Waals surface area contributed by atoms with Gasteiger partial charge in [0.1, 0.15) is 0 Å². The molecule has 0 spiro atoms. The van der Waals surface area contributed by atoms with E-state index in [0.717, 1.165) is 25.1 Å². The van der Waals surface area contributed by atoms with Crippen LogP contribution in [-0.2, 0) is 13.0 Å². The molecular formula is C13H25N3. The van der Waals surface area contributed by atoms with Crippen molar-refractivity contribution in [3.63, 3.8) is 0 Å². The minimum Gasteiger partial charge on any atom is -0.252 e. The second-order valence-electron chi connectivity index (χ2n) is 7.03. The Morgan fingerprint density at radius 1 is 1.06 bits per heavy atom. The first-order chi connectivity index (χ1) is 7.16. The lowest BCUT2D eigenvalue weighted by Gasteiger charge is -2.17. The van der Waals surface area contributed by atoms with Crippen LogP contribution in [0.1, 0.15) is 53.7 Å². The highest BCUT2D eigenvalue weighted by atomic mass is 15.4. The third-order valence-corrected chi connectivity index (χ3v) is 2.35. The topological polar surface area (TPSA) is 30.7 Å². The summed E-state index contributed by atoms with van der Waals surface area (Å²) in [6, 6.07) is 0. The van der Waals surface area contributed by atoms with Gasteiger partial charge in [0.25, 0.3) is 0 Å². The van der Waals surface area contributed by atoms with E-state index in [-0.39, 0.29) is 5.41 Å². The monoisotopic (exact) mass is 223 g/mol. The fraction of sp³-hybridized carbons (Fsp3) is 0.846. The molecule has 16 heavy (non-hydrogen) atoms. The quantitative estimate of drug-likeness (QED) is 0.787. The molecule has 0 atom stereocenters. The van der Waals surface area contributed by atoms with Crippen LogP contribution in [0.3, 0.4) is 0 Å². The van der Waals surface area contributed by atoms with Gasteiger partial charge in [-0.2, -0.15) is 0 Å². The number of hydrogen-bond acceptors (Lipinski definition) is 2. The van der Waals surface area contributed by atoms with Crippen molar-refractivity contribution in [3.05, 3.63) is 11.9 Å². The van der Waals surface area contributed by atoms with Crippen molar-refractivity contribution in [3.8, 4) is 0 Å². The highest BCUT2D eigenvalue weighted by molar-refractivity contribution is 4.93. The summed E-state index contributed by atoms with van der Waals surface area (Å²) in [5, 5.41) is 8.39. The van der Waals surface area contributed by atoms with E-state index < -0.39 is 0 Å². The molecule has 0 aliphatic rings.